The van der Waals surface area contributed by atoms with Gasteiger partial charge in [0, 0.05) is 19.2 Å². The highest BCUT2D eigenvalue weighted by Crippen LogP contribution is 2.31. The number of esters is 1. The number of methoxy groups -OCH3 is 3. The van der Waals surface area contributed by atoms with Gasteiger partial charge in [-0.1, -0.05) is 30.3 Å². The summed E-state index contributed by atoms with van der Waals surface area (Å²) >= 11 is 0. The number of nitrogens with two attached hydrogens (primary N) is 1. The highest BCUT2D eigenvalue weighted by molar-refractivity contribution is 5.94. The molecule has 30 heavy (non-hydrogen) atoms. The average Bonchev–Trinajstić information content (AvgIpc) is 2.76. The summed E-state index contributed by atoms with van der Waals surface area (Å²) in [6, 6.07) is 11.9. The summed E-state index contributed by atoms with van der Waals surface area (Å²) in [5.74, 6) is -0.218. The van der Waals surface area contributed by atoms with Gasteiger partial charge in [-0.05, 0) is 23.3 Å². The Balaban J connectivity index is 2.10. The van der Waals surface area contributed by atoms with Crippen LogP contribution in [0.3, 0.4) is 0 Å². The van der Waals surface area contributed by atoms with Gasteiger partial charge in [0.2, 0.25) is 0 Å². The number of benzene rings is 2. The van der Waals surface area contributed by atoms with E-state index in [2.05, 4.69) is 10.1 Å². The molecule has 0 bridgehead atoms. The van der Waals surface area contributed by atoms with E-state index in [1.165, 1.54) is 21.3 Å². The minimum Gasteiger partial charge on any atom is -0.493 e. The SMILES string of the molecule is COC(=O)COc1cc(C(OC)C(=O)NCc2ccc(C(=N)N)cc2)ccc1OC. The molecule has 2 aromatic carbocycles. The minimum absolute atomic E-state index is 0.0187. The van der Waals surface area contributed by atoms with Gasteiger partial charge in [0.1, 0.15) is 5.84 Å². The maximum absolute atomic E-state index is 12.7. The number of hydrogen-bond acceptors (Lipinski definition) is 7. The first-order chi connectivity index (χ1) is 14.4. The van der Waals surface area contributed by atoms with Crippen LogP contribution in [-0.2, 0) is 25.6 Å². The van der Waals surface area contributed by atoms with Gasteiger partial charge in [0.25, 0.3) is 5.91 Å². The summed E-state index contributed by atoms with van der Waals surface area (Å²) in [6.45, 7) is -0.0187. The Bertz CT molecular complexity index is 898. The summed E-state index contributed by atoms with van der Waals surface area (Å²) in [6.07, 6.45) is -0.895. The lowest BCUT2D eigenvalue weighted by Crippen LogP contribution is -2.30. The van der Waals surface area contributed by atoms with E-state index in [1.54, 1.807) is 42.5 Å². The van der Waals surface area contributed by atoms with E-state index < -0.39 is 12.1 Å². The maximum Gasteiger partial charge on any atom is 0.343 e. The fourth-order valence-electron chi connectivity index (χ4n) is 2.64. The molecule has 1 amide bonds. The number of nitrogen functional groups attached to an aromatic ring is 1. The van der Waals surface area contributed by atoms with Crippen LogP contribution in [0, 0.1) is 5.41 Å². The molecular weight excluding hydrogens is 390 g/mol. The first-order valence-corrected chi connectivity index (χ1v) is 9.01. The summed E-state index contributed by atoms with van der Waals surface area (Å²) in [7, 11) is 4.15. The Morgan fingerprint density at radius 3 is 2.33 bits per heavy atom. The van der Waals surface area contributed by atoms with Gasteiger partial charge in [0.05, 0.1) is 14.2 Å². The number of amides is 1. The third-order valence-corrected chi connectivity index (χ3v) is 4.27. The number of rotatable bonds is 10. The smallest absolute Gasteiger partial charge is 0.343 e. The van der Waals surface area contributed by atoms with Crippen molar-refractivity contribution >= 4 is 17.7 Å². The molecule has 160 valence electrons. The van der Waals surface area contributed by atoms with Gasteiger partial charge in [0.15, 0.2) is 24.2 Å². The predicted molar refractivity (Wildman–Crippen MR) is 110 cm³/mol. The second-order valence-corrected chi connectivity index (χ2v) is 6.22. The Morgan fingerprint density at radius 2 is 1.77 bits per heavy atom. The number of carbonyl (C=O) groups excluding carboxylic acids is 2. The molecule has 0 fully saturated rings. The molecule has 0 aliphatic carbocycles. The predicted octanol–water partition coefficient (Wildman–Crippen LogP) is 1.53. The van der Waals surface area contributed by atoms with Gasteiger partial charge in [-0.25, -0.2) is 4.79 Å². The first-order valence-electron chi connectivity index (χ1n) is 9.01. The summed E-state index contributed by atoms with van der Waals surface area (Å²) in [5, 5.41) is 10.2. The Kier molecular flexibility index (Phi) is 8.18. The van der Waals surface area contributed by atoms with Crippen LogP contribution < -0.4 is 20.5 Å². The van der Waals surface area contributed by atoms with Crippen LogP contribution >= 0.6 is 0 Å². The number of carbonyl (C=O) groups is 2. The van der Waals surface area contributed by atoms with Crippen LogP contribution in [0.4, 0.5) is 0 Å². The van der Waals surface area contributed by atoms with Gasteiger partial charge in [-0.15, -0.1) is 0 Å². The van der Waals surface area contributed by atoms with Gasteiger partial charge in [-0.2, -0.15) is 0 Å². The Hall–Kier alpha value is -3.59. The molecule has 0 aliphatic heterocycles. The van der Waals surface area contributed by atoms with E-state index in [9.17, 15) is 9.59 Å². The zero-order chi connectivity index (χ0) is 22.1. The normalized spacial score (nSPS) is 11.3. The quantitative estimate of drug-likeness (QED) is 0.304. The lowest BCUT2D eigenvalue weighted by molar-refractivity contribution is -0.143. The topological polar surface area (TPSA) is 133 Å². The maximum atomic E-state index is 12.7. The van der Waals surface area contributed by atoms with E-state index in [0.717, 1.165) is 5.56 Å². The molecule has 0 radical (unpaired) electrons. The summed E-state index contributed by atoms with van der Waals surface area (Å²) in [5.41, 5.74) is 7.43. The van der Waals surface area contributed by atoms with Crippen molar-refractivity contribution in [3.63, 3.8) is 0 Å². The van der Waals surface area contributed by atoms with Crippen molar-refractivity contribution in [1.29, 1.82) is 5.41 Å². The number of amidine groups is 1. The zero-order valence-corrected chi connectivity index (χ0v) is 17.1. The van der Waals surface area contributed by atoms with Crippen molar-refractivity contribution in [2.75, 3.05) is 27.9 Å². The van der Waals surface area contributed by atoms with Crippen LogP contribution in [0.5, 0.6) is 11.5 Å². The van der Waals surface area contributed by atoms with Crippen molar-refractivity contribution in [2.24, 2.45) is 5.73 Å². The number of nitrogens with one attached hydrogen (secondary N) is 2. The van der Waals surface area contributed by atoms with Crippen LogP contribution in [0.15, 0.2) is 42.5 Å². The molecule has 0 heterocycles. The fraction of sp³-hybridized carbons (Fsp3) is 0.286. The second-order valence-electron chi connectivity index (χ2n) is 6.22. The molecule has 1 atom stereocenters. The molecule has 2 rings (SSSR count). The summed E-state index contributed by atoms with van der Waals surface area (Å²) in [4.78, 5) is 24.0. The number of hydrogen-bond donors (Lipinski definition) is 3. The molecule has 0 saturated heterocycles. The van der Waals surface area contributed by atoms with Crippen LogP contribution in [0.1, 0.15) is 22.8 Å². The van der Waals surface area contributed by atoms with E-state index in [4.69, 9.17) is 25.4 Å². The van der Waals surface area contributed by atoms with Crippen molar-refractivity contribution in [3.8, 4) is 11.5 Å². The highest BCUT2D eigenvalue weighted by atomic mass is 16.6. The van der Waals surface area contributed by atoms with Crippen molar-refractivity contribution in [3.05, 3.63) is 59.2 Å². The zero-order valence-electron chi connectivity index (χ0n) is 17.1. The third-order valence-electron chi connectivity index (χ3n) is 4.27. The van der Waals surface area contributed by atoms with Crippen molar-refractivity contribution < 1.29 is 28.5 Å². The van der Waals surface area contributed by atoms with Gasteiger partial charge < -0.3 is 30.0 Å². The summed E-state index contributed by atoms with van der Waals surface area (Å²) < 4.78 is 20.6. The lowest BCUT2D eigenvalue weighted by Gasteiger charge is -2.18. The van der Waals surface area contributed by atoms with E-state index >= 15 is 0 Å². The molecule has 2 aromatic rings. The standard InChI is InChI=1S/C21H25N3O6/c1-27-16-9-8-15(10-17(16)30-12-18(25)28-2)19(29-3)21(26)24-11-13-4-6-14(7-5-13)20(22)23/h4-10,19H,11-12H2,1-3H3,(H3,22,23)(H,24,26). The van der Waals surface area contributed by atoms with Crippen molar-refractivity contribution in [2.45, 2.75) is 12.6 Å². The molecular formula is C21H25N3O6. The van der Waals surface area contributed by atoms with Crippen molar-refractivity contribution in [1.82, 2.24) is 5.32 Å². The average molecular weight is 415 g/mol. The first kappa shape index (κ1) is 22.7. The van der Waals surface area contributed by atoms with Crippen LogP contribution in [0.2, 0.25) is 0 Å². The Labute approximate surface area is 174 Å². The Morgan fingerprint density at radius 1 is 1.07 bits per heavy atom. The van der Waals surface area contributed by atoms with Gasteiger partial charge >= 0.3 is 5.97 Å². The molecule has 9 nitrogen and oxygen atoms in total. The molecule has 0 aromatic heterocycles. The highest BCUT2D eigenvalue weighted by Gasteiger charge is 2.22. The molecule has 4 N–H and O–H groups in total. The fourth-order valence-corrected chi connectivity index (χ4v) is 2.64. The van der Waals surface area contributed by atoms with E-state index in [0.29, 0.717) is 16.9 Å². The number of ether oxygens (including phenoxy) is 4. The molecule has 9 heteroatoms. The van der Waals surface area contributed by atoms with E-state index in [1.807, 2.05) is 0 Å². The minimum atomic E-state index is -0.895. The van der Waals surface area contributed by atoms with Crippen LogP contribution in [0.25, 0.3) is 0 Å². The van der Waals surface area contributed by atoms with Crippen LogP contribution in [-0.4, -0.2) is 45.6 Å². The largest absolute Gasteiger partial charge is 0.493 e. The molecule has 1 unspecified atom stereocenters. The van der Waals surface area contributed by atoms with Gasteiger partial charge in [-0.3, -0.25) is 10.2 Å². The monoisotopic (exact) mass is 415 g/mol. The third kappa shape index (κ3) is 5.95. The van der Waals surface area contributed by atoms with E-state index in [-0.39, 0.29) is 30.6 Å². The molecule has 0 aliphatic rings. The second kappa shape index (κ2) is 10.8. The lowest BCUT2D eigenvalue weighted by atomic mass is 10.1. The molecule has 0 saturated carbocycles. The molecule has 0 spiro atoms.